The first kappa shape index (κ1) is 15.7. The van der Waals surface area contributed by atoms with E-state index in [1.807, 2.05) is 42.0 Å². The topological polar surface area (TPSA) is 72.3 Å². The Morgan fingerprint density at radius 2 is 2.09 bits per heavy atom. The highest BCUT2D eigenvalue weighted by atomic mass is 32.3. The van der Waals surface area contributed by atoms with Gasteiger partial charge in [-0.15, -0.1) is 3.89 Å². The van der Waals surface area contributed by atoms with Gasteiger partial charge in [0.05, 0.1) is 5.69 Å². The van der Waals surface area contributed by atoms with Crippen molar-refractivity contribution in [1.82, 2.24) is 14.5 Å². The number of halogens is 1. The fraction of sp³-hybridized carbons (Fsp3) is 0.333. The van der Waals surface area contributed by atoms with E-state index in [2.05, 4.69) is 4.98 Å². The molecular formula is C15H16FN3O3S. The molecule has 1 saturated heterocycles. The van der Waals surface area contributed by atoms with Crippen molar-refractivity contribution in [3.63, 3.8) is 0 Å². The van der Waals surface area contributed by atoms with Crippen LogP contribution in [0.15, 0.2) is 36.7 Å². The van der Waals surface area contributed by atoms with Crippen LogP contribution in [0.5, 0.6) is 0 Å². The van der Waals surface area contributed by atoms with Gasteiger partial charge in [0.25, 0.3) is 0 Å². The zero-order chi connectivity index (χ0) is 16.6. The van der Waals surface area contributed by atoms with Gasteiger partial charge in [0.1, 0.15) is 11.1 Å². The van der Waals surface area contributed by atoms with Gasteiger partial charge in [-0.3, -0.25) is 4.79 Å². The molecule has 2 aromatic rings. The second-order valence-corrected chi connectivity index (χ2v) is 7.17. The van der Waals surface area contributed by atoms with E-state index >= 15 is 0 Å². The Morgan fingerprint density at radius 1 is 1.35 bits per heavy atom. The molecule has 0 bridgehead atoms. The summed E-state index contributed by atoms with van der Waals surface area (Å²) < 4.78 is 37.0. The molecule has 1 fully saturated rings. The SMILES string of the molecule is Cc1nccn1-c1ccccc1CN1CC(S(=O)(=O)F)CC1=O. The third kappa shape index (κ3) is 3.12. The number of rotatable bonds is 4. The fourth-order valence-electron chi connectivity index (χ4n) is 2.80. The van der Waals surface area contributed by atoms with Gasteiger partial charge in [0.2, 0.25) is 5.91 Å². The number of aromatic nitrogens is 2. The van der Waals surface area contributed by atoms with E-state index in [1.54, 1.807) is 6.20 Å². The van der Waals surface area contributed by atoms with Gasteiger partial charge in [-0.25, -0.2) is 4.98 Å². The van der Waals surface area contributed by atoms with Crippen LogP contribution < -0.4 is 0 Å². The number of hydrogen-bond donors (Lipinski definition) is 0. The molecule has 3 rings (SSSR count). The van der Waals surface area contributed by atoms with Crippen molar-refractivity contribution in [1.29, 1.82) is 0 Å². The number of amides is 1. The van der Waals surface area contributed by atoms with E-state index in [4.69, 9.17) is 0 Å². The van der Waals surface area contributed by atoms with Crippen molar-refractivity contribution in [2.24, 2.45) is 0 Å². The molecule has 0 aliphatic carbocycles. The molecule has 1 amide bonds. The van der Waals surface area contributed by atoms with Crippen molar-refractivity contribution in [2.45, 2.75) is 25.1 Å². The standard InChI is InChI=1S/C15H16FN3O3S/c1-11-17-6-7-19(11)14-5-3-2-4-12(14)9-18-10-13(8-15(18)20)23(16,21)22/h2-7,13H,8-10H2,1H3. The van der Waals surface area contributed by atoms with E-state index < -0.39 is 15.5 Å². The molecule has 6 nitrogen and oxygen atoms in total. The van der Waals surface area contributed by atoms with Crippen LogP contribution in [0.1, 0.15) is 17.8 Å². The first-order chi connectivity index (χ1) is 10.9. The lowest BCUT2D eigenvalue weighted by molar-refractivity contribution is -0.128. The minimum atomic E-state index is -4.70. The Kier molecular flexibility index (Phi) is 3.93. The molecule has 1 aromatic heterocycles. The van der Waals surface area contributed by atoms with Crippen LogP contribution >= 0.6 is 0 Å². The number of benzene rings is 1. The second-order valence-electron chi connectivity index (χ2n) is 5.55. The third-order valence-electron chi connectivity index (χ3n) is 4.02. The Bertz CT molecular complexity index is 847. The van der Waals surface area contributed by atoms with Crippen molar-refractivity contribution in [2.75, 3.05) is 6.54 Å². The molecule has 1 aliphatic heterocycles. The average Bonchev–Trinajstić information content (AvgIpc) is 3.06. The highest BCUT2D eigenvalue weighted by Gasteiger charge is 2.38. The highest BCUT2D eigenvalue weighted by molar-refractivity contribution is 7.87. The number of para-hydroxylation sites is 1. The number of likely N-dealkylation sites (tertiary alicyclic amines) is 1. The van der Waals surface area contributed by atoms with Crippen molar-refractivity contribution in [3.8, 4) is 5.69 Å². The summed E-state index contributed by atoms with van der Waals surface area (Å²) in [6.45, 7) is 1.98. The van der Waals surface area contributed by atoms with Crippen molar-refractivity contribution < 1.29 is 17.1 Å². The normalized spacial score (nSPS) is 18.6. The van der Waals surface area contributed by atoms with Crippen LogP contribution in [0.25, 0.3) is 5.69 Å². The number of hydrogen-bond acceptors (Lipinski definition) is 4. The number of imidazole rings is 1. The molecule has 1 atom stereocenters. The minimum absolute atomic E-state index is 0.116. The largest absolute Gasteiger partial charge is 0.337 e. The summed E-state index contributed by atoms with van der Waals surface area (Å²) in [5.41, 5.74) is 1.71. The lowest BCUT2D eigenvalue weighted by Crippen LogP contribution is -2.27. The molecule has 0 spiro atoms. The van der Waals surface area contributed by atoms with Crippen LogP contribution in [-0.2, 0) is 21.6 Å². The molecule has 23 heavy (non-hydrogen) atoms. The summed E-state index contributed by atoms with van der Waals surface area (Å²) in [5.74, 6) is 0.447. The molecule has 1 aliphatic rings. The van der Waals surface area contributed by atoms with E-state index in [9.17, 15) is 17.1 Å². The maximum absolute atomic E-state index is 13.1. The monoisotopic (exact) mass is 337 g/mol. The Hall–Kier alpha value is -2.22. The summed E-state index contributed by atoms with van der Waals surface area (Å²) in [4.78, 5) is 17.5. The van der Waals surface area contributed by atoms with E-state index in [-0.39, 0.29) is 25.4 Å². The molecule has 0 N–H and O–H groups in total. The zero-order valence-corrected chi connectivity index (χ0v) is 13.3. The van der Waals surface area contributed by atoms with Crippen LogP contribution in [0.2, 0.25) is 0 Å². The second kappa shape index (κ2) is 5.77. The zero-order valence-electron chi connectivity index (χ0n) is 12.5. The number of carbonyl (C=O) groups is 1. The molecular weight excluding hydrogens is 321 g/mol. The lowest BCUT2D eigenvalue weighted by Gasteiger charge is -2.19. The van der Waals surface area contributed by atoms with Gasteiger partial charge in [-0.1, -0.05) is 18.2 Å². The maximum atomic E-state index is 13.1. The molecule has 122 valence electrons. The Morgan fingerprint density at radius 3 is 2.70 bits per heavy atom. The predicted octanol–water partition coefficient (Wildman–Crippen LogP) is 1.58. The summed E-state index contributed by atoms with van der Waals surface area (Å²) in [6.07, 6.45) is 3.19. The van der Waals surface area contributed by atoms with Gasteiger partial charge in [-0.05, 0) is 18.6 Å². The molecule has 1 unspecified atom stereocenters. The number of carbonyl (C=O) groups excluding carboxylic acids is 1. The Labute approximate surface area is 133 Å². The van der Waals surface area contributed by atoms with E-state index in [0.717, 1.165) is 17.1 Å². The summed E-state index contributed by atoms with van der Waals surface area (Å²) in [6, 6.07) is 7.47. The first-order valence-corrected chi connectivity index (χ1v) is 8.60. The first-order valence-electron chi connectivity index (χ1n) is 7.16. The summed E-state index contributed by atoms with van der Waals surface area (Å²) in [7, 11) is -4.70. The fourth-order valence-corrected chi connectivity index (χ4v) is 3.49. The van der Waals surface area contributed by atoms with Gasteiger partial charge >= 0.3 is 10.2 Å². The van der Waals surface area contributed by atoms with E-state index in [0.29, 0.717) is 0 Å². The van der Waals surface area contributed by atoms with E-state index in [1.165, 1.54) is 4.90 Å². The third-order valence-corrected chi connectivity index (χ3v) is 5.13. The Balaban J connectivity index is 1.87. The molecule has 0 radical (unpaired) electrons. The number of nitrogens with zero attached hydrogens (tertiary/aromatic N) is 3. The smallest absolute Gasteiger partial charge is 0.307 e. The van der Waals surface area contributed by atoms with Gasteiger partial charge in [0.15, 0.2) is 0 Å². The quantitative estimate of drug-likeness (QED) is 0.794. The maximum Gasteiger partial charge on any atom is 0.307 e. The van der Waals surface area contributed by atoms with Crippen molar-refractivity contribution in [3.05, 3.63) is 48.0 Å². The molecule has 0 saturated carbocycles. The van der Waals surface area contributed by atoms with Gasteiger partial charge < -0.3 is 9.47 Å². The van der Waals surface area contributed by atoms with Crippen LogP contribution in [0.3, 0.4) is 0 Å². The van der Waals surface area contributed by atoms with Crippen LogP contribution in [0.4, 0.5) is 3.89 Å². The van der Waals surface area contributed by atoms with Crippen LogP contribution in [-0.4, -0.2) is 40.6 Å². The summed E-state index contributed by atoms with van der Waals surface area (Å²) in [5, 5.41) is -1.27. The molecule has 2 heterocycles. The highest BCUT2D eigenvalue weighted by Crippen LogP contribution is 2.24. The lowest BCUT2D eigenvalue weighted by atomic mass is 10.1. The van der Waals surface area contributed by atoms with Crippen molar-refractivity contribution >= 4 is 16.1 Å². The number of aryl methyl sites for hydroxylation is 1. The van der Waals surface area contributed by atoms with Gasteiger partial charge in [0, 0.05) is 31.9 Å². The predicted molar refractivity (Wildman–Crippen MR) is 82.2 cm³/mol. The molecule has 1 aromatic carbocycles. The van der Waals surface area contributed by atoms with Gasteiger partial charge in [-0.2, -0.15) is 8.42 Å². The minimum Gasteiger partial charge on any atom is -0.337 e. The van der Waals surface area contributed by atoms with Crippen LogP contribution in [0, 0.1) is 6.92 Å². The average molecular weight is 337 g/mol. The molecule has 8 heteroatoms. The summed E-state index contributed by atoms with van der Waals surface area (Å²) >= 11 is 0.